The molecule has 21 heavy (non-hydrogen) atoms. The summed E-state index contributed by atoms with van der Waals surface area (Å²) in [6, 6.07) is 7.17. The van der Waals surface area contributed by atoms with Gasteiger partial charge in [-0.15, -0.1) is 0 Å². The molecule has 1 aromatic carbocycles. The van der Waals surface area contributed by atoms with E-state index in [1.807, 2.05) is 32.9 Å². The molecular weight excluding hydrogens is 286 g/mol. The van der Waals surface area contributed by atoms with Gasteiger partial charge in [-0.05, 0) is 36.3 Å². The first-order chi connectivity index (χ1) is 9.77. The summed E-state index contributed by atoms with van der Waals surface area (Å²) < 4.78 is 34.1. The molecule has 0 radical (unpaired) electrons. The lowest BCUT2D eigenvalue weighted by Crippen LogP contribution is -2.41. The second-order valence-electron chi connectivity index (χ2n) is 7.08. The number of nitrogens with one attached hydrogen (secondary N) is 1. The predicted octanol–water partition coefficient (Wildman–Crippen LogP) is 2.58. The molecule has 2 saturated heterocycles. The third-order valence-electron chi connectivity index (χ3n) is 4.40. The molecule has 0 spiro atoms. The van der Waals surface area contributed by atoms with E-state index in [4.69, 9.17) is 4.74 Å². The van der Waals surface area contributed by atoms with Crippen molar-refractivity contribution < 1.29 is 13.2 Å². The zero-order valence-corrected chi connectivity index (χ0v) is 13.6. The fraction of sp³-hybridized carbons (Fsp3) is 0.625. The molecule has 3 atom stereocenters. The van der Waals surface area contributed by atoms with Crippen LogP contribution in [0, 0.1) is 0 Å². The smallest absolute Gasteiger partial charge is 0.241 e. The highest BCUT2D eigenvalue weighted by atomic mass is 32.2. The molecule has 5 heteroatoms. The van der Waals surface area contributed by atoms with Gasteiger partial charge in [0.2, 0.25) is 10.0 Å². The van der Waals surface area contributed by atoms with Gasteiger partial charge < -0.3 is 4.74 Å². The largest absolute Gasteiger partial charge is 0.373 e. The molecule has 3 unspecified atom stereocenters. The van der Waals surface area contributed by atoms with Crippen LogP contribution in [-0.2, 0) is 20.2 Å². The van der Waals surface area contributed by atoms with Crippen LogP contribution in [0.4, 0.5) is 0 Å². The molecule has 2 bridgehead atoms. The second kappa shape index (κ2) is 5.07. The summed E-state index contributed by atoms with van der Waals surface area (Å²) >= 11 is 0. The predicted molar refractivity (Wildman–Crippen MR) is 81.8 cm³/mol. The molecule has 2 fully saturated rings. The van der Waals surface area contributed by atoms with Crippen LogP contribution in [0.5, 0.6) is 0 Å². The Hall–Kier alpha value is -0.910. The van der Waals surface area contributed by atoms with Crippen LogP contribution < -0.4 is 4.72 Å². The minimum Gasteiger partial charge on any atom is -0.373 e. The minimum atomic E-state index is -3.51. The average Bonchev–Trinajstić information content (AvgIpc) is 2.99. The van der Waals surface area contributed by atoms with Gasteiger partial charge in [0.05, 0.1) is 23.1 Å². The van der Waals surface area contributed by atoms with E-state index in [9.17, 15) is 8.42 Å². The zero-order chi connectivity index (χ0) is 15.3. The molecule has 1 aromatic rings. The van der Waals surface area contributed by atoms with Crippen LogP contribution in [-0.4, -0.2) is 26.7 Å². The molecule has 2 heterocycles. The highest BCUT2D eigenvalue weighted by Crippen LogP contribution is 2.36. The van der Waals surface area contributed by atoms with E-state index in [2.05, 4.69) is 4.72 Å². The first kappa shape index (κ1) is 15.0. The topological polar surface area (TPSA) is 55.4 Å². The molecule has 0 amide bonds. The lowest BCUT2D eigenvalue weighted by atomic mass is 9.87. The van der Waals surface area contributed by atoms with Crippen molar-refractivity contribution in [2.45, 2.75) is 68.6 Å². The van der Waals surface area contributed by atoms with E-state index in [1.54, 1.807) is 12.1 Å². The third kappa shape index (κ3) is 2.87. The van der Waals surface area contributed by atoms with Crippen molar-refractivity contribution in [3.8, 4) is 0 Å². The average molecular weight is 309 g/mol. The van der Waals surface area contributed by atoms with Gasteiger partial charge in [-0.2, -0.15) is 0 Å². The minimum absolute atomic E-state index is 0.0478. The summed E-state index contributed by atoms with van der Waals surface area (Å²) in [5.74, 6) is 0. The first-order valence-electron chi connectivity index (χ1n) is 7.55. The summed E-state index contributed by atoms with van der Waals surface area (Å²) in [4.78, 5) is 0.389. The molecule has 0 saturated carbocycles. The van der Waals surface area contributed by atoms with Gasteiger partial charge in [0.1, 0.15) is 0 Å². The van der Waals surface area contributed by atoms with Gasteiger partial charge in [0, 0.05) is 0 Å². The van der Waals surface area contributed by atoms with E-state index >= 15 is 0 Å². The van der Waals surface area contributed by atoms with Crippen molar-refractivity contribution >= 4 is 10.0 Å². The number of benzene rings is 1. The van der Waals surface area contributed by atoms with E-state index in [1.165, 1.54) is 0 Å². The van der Waals surface area contributed by atoms with Crippen LogP contribution in [0.25, 0.3) is 0 Å². The fourth-order valence-electron chi connectivity index (χ4n) is 3.35. The second-order valence-corrected chi connectivity index (χ2v) is 8.77. The Bertz CT molecular complexity index is 633. The number of hydrogen-bond acceptors (Lipinski definition) is 3. The van der Waals surface area contributed by atoms with Crippen LogP contribution in [0.15, 0.2) is 29.2 Å². The maximum absolute atomic E-state index is 12.8. The number of fused-ring (bicyclic) bond motifs is 2. The van der Waals surface area contributed by atoms with Crippen LogP contribution in [0.1, 0.15) is 45.6 Å². The van der Waals surface area contributed by atoms with Crippen molar-refractivity contribution in [1.29, 1.82) is 0 Å². The van der Waals surface area contributed by atoms with E-state index in [0.717, 1.165) is 24.8 Å². The number of ether oxygens (including phenoxy) is 1. The van der Waals surface area contributed by atoms with E-state index in [0.29, 0.717) is 4.90 Å². The molecule has 1 N–H and O–H groups in total. The molecule has 0 aliphatic carbocycles. The van der Waals surface area contributed by atoms with Crippen LogP contribution in [0.3, 0.4) is 0 Å². The third-order valence-corrected chi connectivity index (χ3v) is 5.95. The first-order valence-corrected chi connectivity index (χ1v) is 9.03. The fourth-order valence-corrected chi connectivity index (χ4v) is 5.04. The van der Waals surface area contributed by atoms with Gasteiger partial charge >= 0.3 is 0 Å². The quantitative estimate of drug-likeness (QED) is 0.933. The number of hydrogen-bond donors (Lipinski definition) is 1. The maximum Gasteiger partial charge on any atom is 0.241 e. The highest BCUT2D eigenvalue weighted by Gasteiger charge is 2.43. The summed E-state index contributed by atoms with van der Waals surface area (Å²) in [6.45, 7) is 6.09. The zero-order valence-electron chi connectivity index (χ0n) is 12.8. The summed E-state index contributed by atoms with van der Waals surface area (Å²) in [6.07, 6.45) is 3.09. The van der Waals surface area contributed by atoms with Gasteiger partial charge in [-0.25, -0.2) is 13.1 Å². The summed E-state index contributed by atoms with van der Waals surface area (Å²) in [5, 5.41) is 0. The molecule has 0 aromatic heterocycles. The Balaban J connectivity index is 1.89. The molecule has 116 valence electrons. The van der Waals surface area contributed by atoms with E-state index in [-0.39, 0.29) is 23.7 Å². The molecule has 3 rings (SSSR count). The number of rotatable bonds is 3. The van der Waals surface area contributed by atoms with Crippen molar-refractivity contribution in [3.63, 3.8) is 0 Å². The summed E-state index contributed by atoms with van der Waals surface area (Å²) in [5.41, 5.74) is 0.637. The highest BCUT2D eigenvalue weighted by molar-refractivity contribution is 7.89. The lowest BCUT2D eigenvalue weighted by molar-refractivity contribution is 0.0996. The standard InChI is InChI=1S/C16H23NO3S/c1-16(2,3)12-6-4-5-7-15(12)21(18,19)17-13-10-11-8-9-14(13)20-11/h4-7,11,13-14,17H,8-10H2,1-3H3. The van der Waals surface area contributed by atoms with Crippen LogP contribution in [0.2, 0.25) is 0 Å². The Morgan fingerprint density at radius 3 is 2.48 bits per heavy atom. The van der Waals surface area contributed by atoms with Gasteiger partial charge in [0.25, 0.3) is 0 Å². The van der Waals surface area contributed by atoms with Gasteiger partial charge in [-0.3, -0.25) is 0 Å². The Kier molecular flexibility index (Phi) is 3.62. The monoisotopic (exact) mass is 309 g/mol. The Labute approximate surface area is 126 Å². The molecule has 2 aliphatic heterocycles. The molecular formula is C16H23NO3S. The van der Waals surface area contributed by atoms with Crippen molar-refractivity contribution in [2.75, 3.05) is 0 Å². The SMILES string of the molecule is CC(C)(C)c1ccccc1S(=O)(=O)NC1CC2CCC1O2. The Morgan fingerprint density at radius 1 is 1.19 bits per heavy atom. The van der Waals surface area contributed by atoms with Gasteiger partial charge in [-0.1, -0.05) is 39.0 Å². The molecule has 2 aliphatic rings. The maximum atomic E-state index is 12.8. The van der Waals surface area contributed by atoms with Crippen molar-refractivity contribution in [1.82, 2.24) is 4.72 Å². The Morgan fingerprint density at radius 2 is 1.90 bits per heavy atom. The normalized spacial score (nSPS) is 29.0. The van der Waals surface area contributed by atoms with Gasteiger partial charge in [0.15, 0.2) is 0 Å². The van der Waals surface area contributed by atoms with E-state index < -0.39 is 10.0 Å². The lowest BCUT2D eigenvalue weighted by Gasteiger charge is -2.25. The van der Waals surface area contributed by atoms with Crippen molar-refractivity contribution in [2.24, 2.45) is 0 Å². The van der Waals surface area contributed by atoms with Crippen molar-refractivity contribution in [3.05, 3.63) is 29.8 Å². The number of sulfonamides is 1. The van der Waals surface area contributed by atoms with Crippen LogP contribution >= 0.6 is 0 Å². The molecule has 4 nitrogen and oxygen atoms in total. The summed E-state index contributed by atoms with van der Waals surface area (Å²) in [7, 11) is -3.51.